The van der Waals surface area contributed by atoms with Crippen molar-refractivity contribution in [1.29, 1.82) is 0 Å². The average molecular weight is 355 g/mol. The lowest BCUT2D eigenvalue weighted by molar-refractivity contribution is -0.143. The second-order valence-corrected chi connectivity index (χ2v) is 5.80. The minimum absolute atomic E-state index is 0.0958. The number of aliphatic hydroxyl groups excluding tert-OH is 1. The Morgan fingerprint density at radius 3 is 2.54 bits per heavy atom. The zero-order valence-electron chi connectivity index (χ0n) is 14.5. The van der Waals surface area contributed by atoms with Crippen molar-refractivity contribution in [2.45, 2.75) is 18.6 Å². The molecule has 2 atom stereocenters. The molecule has 0 fully saturated rings. The standard InChI is InChI=1S/C20H21NO5/c1-24-20(23)17-18(14-6-3-2-4-7-14)26-19(21-17)15-8-10-16(11-9-15)25-13-5-12-22/h2-4,6-11,17-18,22H,5,12-13H2,1H3/t17-,18-/m0/s1. The minimum atomic E-state index is -0.738. The van der Waals surface area contributed by atoms with Gasteiger partial charge in [0.15, 0.2) is 12.1 Å². The van der Waals surface area contributed by atoms with Gasteiger partial charge in [-0.1, -0.05) is 30.3 Å². The molecule has 0 unspecified atom stereocenters. The molecule has 6 nitrogen and oxygen atoms in total. The van der Waals surface area contributed by atoms with Crippen LogP contribution in [0.5, 0.6) is 5.75 Å². The van der Waals surface area contributed by atoms with Crippen LogP contribution in [0, 0.1) is 0 Å². The topological polar surface area (TPSA) is 77.4 Å². The predicted molar refractivity (Wildman–Crippen MR) is 96.2 cm³/mol. The Bertz CT molecular complexity index is 758. The number of aliphatic imine (C=N–C) groups is 1. The van der Waals surface area contributed by atoms with Crippen LogP contribution in [0.4, 0.5) is 0 Å². The van der Waals surface area contributed by atoms with Crippen molar-refractivity contribution in [3.63, 3.8) is 0 Å². The van der Waals surface area contributed by atoms with Crippen LogP contribution in [0.15, 0.2) is 59.6 Å². The number of rotatable bonds is 7. The first-order chi connectivity index (χ1) is 12.7. The molecule has 2 aromatic carbocycles. The summed E-state index contributed by atoms with van der Waals surface area (Å²) in [5.74, 6) is 0.666. The molecule has 0 saturated heterocycles. The van der Waals surface area contributed by atoms with Gasteiger partial charge in [0.1, 0.15) is 5.75 Å². The zero-order chi connectivity index (χ0) is 18.4. The van der Waals surface area contributed by atoms with Crippen LogP contribution in [0.1, 0.15) is 23.7 Å². The number of nitrogens with zero attached hydrogens (tertiary/aromatic N) is 1. The molecular formula is C20H21NO5. The maximum Gasteiger partial charge on any atom is 0.335 e. The maximum atomic E-state index is 12.1. The molecule has 1 N–H and O–H groups in total. The van der Waals surface area contributed by atoms with Crippen molar-refractivity contribution in [3.8, 4) is 5.75 Å². The van der Waals surface area contributed by atoms with E-state index in [4.69, 9.17) is 19.3 Å². The Balaban J connectivity index is 1.78. The quantitative estimate of drug-likeness (QED) is 0.610. The molecule has 0 bridgehead atoms. The normalized spacial score (nSPS) is 18.8. The molecular weight excluding hydrogens is 334 g/mol. The van der Waals surface area contributed by atoms with E-state index in [9.17, 15) is 4.79 Å². The van der Waals surface area contributed by atoms with E-state index in [1.807, 2.05) is 54.6 Å². The average Bonchev–Trinajstić information content (AvgIpc) is 3.14. The molecule has 3 rings (SSSR count). The van der Waals surface area contributed by atoms with Crippen molar-refractivity contribution in [3.05, 3.63) is 65.7 Å². The molecule has 136 valence electrons. The van der Waals surface area contributed by atoms with E-state index in [0.29, 0.717) is 24.7 Å². The Labute approximate surface area is 152 Å². The van der Waals surface area contributed by atoms with Crippen LogP contribution in [-0.4, -0.2) is 43.3 Å². The zero-order valence-corrected chi connectivity index (χ0v) is 14.5. The maximum absolute atomic E-state index is 12.1. The third kappa shape index (κ3) is 4.03. The highest BCUT2D eigenvalue weighted by Gasteiger charge is 2.38. The van der Waals surface area contributed by atoms with Crippen molar-refractivity contribution in [2.75, 3.05) is 20.3 Å². The predicted octanol–water partition coefficient (Wildman–Crippen LogP) is 2.51. The highest BCUT2D eigenvalue weighted by molar-refractivity contribution is 5.98. The molecule has 2 aromatic rings. The number of benzene rings is 2. The number of hydrogen-bond donors (Lipinski definition) is 1. The Morgan fingerprint density at radius 2 is 1.88 bits per heavy atom. The number of aliphatic hydroxyl groups is 1. The summed E-state index contributed by atoms with van der Waals surface area (Å²) < 4.78 is 16.4. The van der Waals surface area contributed by atoms with E-state index in [2.05, 4.69) is 4.99 Å². The Hall–Kier alpha value is -2.86. The van der Waals surface area contributed by atoms with Gasteiger partial charge in [-0.3, -0.25) is 0 Å². The first-order valence-corrected chi connectivity index (χ1v) is 8.44. The molecule has 1 heterocycles. The van der Waals surface area contributed by atoms with Gasteiger partial charge in [0.2, 0.25) is 5.90 Å². The SMILES string of the molecule is COC(=O)[C@H]1N=C(c2ccc(OCCCO)cc2)O[C@H]1c1ccccc1. The van der Waals surface area contributed by atoms with E-state index in [-0.39, 0.29) is 6.61 Å². The summed E-state index contributed by atoms with van der Waals surface area (Å²) in [6.45, 7) is 0.548. The van der Waals surface area contributed by atoms with Crippen LogP contribution in [0.3, 0.4) is 0 Å². The molecule has 1 aliphatic rings. The first kappa shape index (κ1) is 17.9. The fourth-order valence-electron chi connectivity index (χ4n) is 2.69. The first-order valence-electron chi connectivity index (χ1n) is 8.44. The summed E-state index contributed by atoms with van der Waals surface area (Å²) in [5.41, 5.74) is 1.62. The van der Waals surface area contributed by atoms with Gasteiger partial charge in [-0.15, -0.1) is 0 Å². The van der Waals surface area contributed by atoms with Crippen molar-refractivity contribution in [1.82, 2.24) is 0 Å². The van der Waals surface area contributed by atoms with E-state index >= 15 is 0 Å². The monoisotopic (exact) mass is 355 g/mol. The molecule has 6 heteroatoms. The molecule has 0 aliphatic carbocycles. The minimum Gasteiger partial charge on any atom is -0.494 e. The van der Waals surface area contributed by atoms with Gasteiger partial charge in [0, 0.05) is 18.6 Å². The third-order valence-corrected chi connectivity index (χ3v) is 4.02. The van der Waals surface area contributed by atoms with Gasteiger partial charge in [0.25, 0.3) is 0 Å². The highest BCUT2D eigenvalue weighted by Crippen LogP contribution is 2.32. The van der Waals surface area contributed by atoms with Crippen LogP contribution >= 0.6 is 0 Å². The van der Waals surface area contributed by atoms with Crippen LogP contribution < -0.4 is 4.74 Å². The number of hydrogen-bond acceptors (Lipinski definition) is 6. The van der Waals surface area contributed by atoms with E-state index in [1.165, 1.54) is 7.11 Å². The highest BCUT2D eigenvalue weighted by atomic mass is 16.5. The van der Waals surface area contributed by atoms with Crippen LogP contribution in [-0.2, 0) is 14.3 Å². The smallest absolute Gasteiger partial charge is 0.335 e. The molecule has 0 spiro atoms. The van der Waals surface area contributed by atoms with Crippen LogP contribution in [0.2, 0.25) is 0 Å². The second-order valence-electron chi connectivity index (χ2n) is 5.80. The molecule has 0 radical (unpaired) electrons. The van der Waals surface area contributed by atoms with Crippen molar-refractivity contribution in [2.24, 2.45) is 4.99 Å². The van der Waals surface area contributed by atoms with E-state index in [1.54, 1.807) is 0 Å². The lowest BCUT2D eigenvalue weighted by Gasteiger charge is -2.16. The number of ether oxygens (including phenoxy) is 3. The Kier molecular flexibility index (Phi) is 5.86. The summed E-state index contributed by atoms with van der Waals surface area (Å²) in [7, 11) is 1.34. The van der Waals surface area contributed by atoms with Gasteiger partial charge >= 0.3 is 5.97 Å². The van der Waals surface area contributed by atoms with Gasteiger partial charge in [0.05, 0.1) is 13.7 Å². The molecule has 0 amide bonds. The molecule has 0 aromatic heterocycles. The third-order valence-electron chi connectivity index (χ3n) is 4.02. The summed E-state index contributed by atoms with van der Waals surface area (Å²) in [4.78, 5) is 16.6. The molecule has 1 aliphatic heterocycles. The summed E-state index contributed by atoms with van der Waals surface area (Å²) in [5, 5.41) is 8.79. The summed E-state index contributed by atoms with van der Waals surface area (Å²) in [6.07, 6.45) is 0.0658. The molecule has 26 heavy (non-hydrogen) atoms. The van der Waals surface area contributed by atoms with Crippen LogP contribution in [0.25, 0.3) is 0 Å². The summed E-state index contributed by atoms with van der Waals surface area (Å²) >= 11 is 0. The van der Waals surface area contributed by atoms with E-state index in [0.717, 1.165) is 11.1 Å². The number of methoxy groups -OCH3 is 1. The fraction of sp³-hybridized carbons (Fsp3) is 0.300. The van der Waals surface area contributed by atoms with Gasteiger partial charge in [-0.25, -0.2) is 9.79 Å². The van der Waals surface area contributed by atoms with Crippen molar-refractivity contribution < 1.29 is 24.1 Å². The van der Waals surface area contributed by atoms with E-state index < -0.39 is 18.1 Å². The Morgan fingerprint density at radius 1 is 1.15 bits per heavy atom. The lowest BCUT2D eigenvalue weighted by atomic mass is 10.0. The second kappa shape index (κ2) is 8.49. The lowest BCUT2D eigenvalue weighted by Crippen LogP contribution is -2.25. The van der Waals surface area contributed by atoms with Gasteiger partial charge in [-0.05, 0) is 29.8 Å². The fourth-order valence-corrected chi connectivity index (χ4v) is 2.69. The summed E-state index contributed by atoms with van der Waals surface area (Å²) in [6, 6.07) is 16.0. The van der Waals surface area contributed by atoms with Crippen molar-refractivity contribution >= 4 is 11.9 Å². The number of esters is 1. The molecule has 0 saturated carbocycles. The number of carbonyl (C=O) groups is 1. The van der Waals surface area contributed by atoms with Gasteiger partial charge < -0.3 is 19.3 Å². The number of carbonyl (C=O) groups excluding carboxylic acids is 1. The largest absolute Gasteiger partial charge is 0.494 e. The van der Waals surface area contributed by atoms with Gasteiger partial charge in [-0.2, -0.15) is 0 Å².